The molecule has 0 radical (unpaired) electrons. The molecule has 0 aromatic heterocycles. The number of nitrogens with zero attached hydrogens (tertiary/aromatic N) is 1. The van der Waals surface area contributed by atoms with Crippen molar-refractivity contribution < 1.29 is 37.3 Å². The molecule has 0 aromatic carbocycles. The molecule has 1 amide bonds. The molecule has 3 unspecified atom stereocenters. The number of allylic oxidation sites excluding steroid dienone is 5. The van der Waals surface area contributed by atoms with Gasteiger partial charge in [-0.2, -0.15) is 0 Å². The molecule has 0 spiro atoms. The van der Waals surface area contributed by atoms with E-state index in [9.17, 15) is 19.0 Å². The number of phosphoric ester groups is 1. The van der Waals surface area contributed by atoms with Crippen molar-refractivity contribution >= 4 is 19.7 Å². The van der Waals surface area contributed by atoms with E-state index in [4.69, 9.17) is 13.8 Å². The number of esters is 1. The van der Waals surface area contributed by atoms with Gasteiger partial charge in [0.05, 0.1) is 33.8 Å². The van der Waals surface area contributed by atoms with Crippen LogP contribution in [0.2, 0.25) is 0 Å². The highest BCUT2D eigenvalue weighted by Gasteiger charge is 2.27. The van der Waals surface area contributed by atoms with E-state index < -0.39 is 26.6 Å². The average molecular weight is 1120 g/mol. The summed E-state index contributed by atoms with van der Waals surface area (Å²) in [5.41, 5.74) is 0. The van der Waals surface area contributed by atoms with Crippen LogP contribution in [0.4, 0.5) is 0 Å². The van der Waals surface area contributed by atoms with Crippen LogP contribution in [0.25, 0.3) is 0 Å². The van der Waals surface area contributed by atoms with Crippen LogP contribution in [-0.4, -0.2) is 69.4 Å². The number of quaternary nitrogens is 1. The van der Waals surface area contributed by atoms with Gasteiger partial charge in [0.1, 0.15) is 19.3 Å². The summed E-state index contributed by atoms with van der Waals surface area (Å²) < 4.78 is 30.3. The van der Waals surface area contributed by atoms with Crippen molar-refractivity contribution in [2.45, 2.75) is 348 Å². The maximum Gasteiger partial charge on any atom is 0.306 e. The van der Waals surface area contributed by atoms with E-state index in [1.165, 1.54) is 231 Å². The minimum Gasteiger partial charge on any atom is -0.756 e. The van der Waals surface area contributed by atoms with Crippen molar-refractivity contribution in [2.24, 2.45) is 0 Å². The quantitative estimate of drug-likeness (QED) is 0.0161. The summed E-state index contributed by atoms with van der Waals surface area (Å²) in [7, 11) is 1.18. The van der Waals surface area contributed by atoms with E-state index in [-0.39, 0.29) is 31.3 Å². The monoisotopic (exact) mass is 1120 g/mol. The predicted octanol–water partition coefficient (Wildman–Crippen LogP) is 20.4. The second-order valence-electron chi connectivity index (χ2n) is 24.4. The van der Waals surface area contributed by atoms with Gasteiger partial charge < -0.3 is 28.5 Å². The number of hydrogen-bond donors (Lipinski definition) is 1. The van der Waals surface area contributed by atoms with Gasteiger partial charge in [-0.25, -0.2) is 0 Å². The number of likely N-dealkylation sites (N-methyl/N-ethyl adjacent to an activating group) is 1. The number of ether oxygens (including phenoxy) is 1. The van der Waals surface area contributed by atoms with E-state index in [1.807, 2.05) is 33.3 Å². The number of unbranched alkanes of at least 4 members (excludes halogenated alkanes) is 43. The van der Waals surface area contributed by atoms with Crippen molar-refractivity contribution in [3.05, 3.63) is 36.5 Å². The molecule has 3 atom stereocenters. The van der Waals surface area contributed by atoms with Gasteiger partial charge in [0, 0.05) is 12.8 Å². The summed E-state index contributed by atoms with van der Waals surface area (Å²) in [6.45, 7) is 6.86. The minimum absolute atomic E-state index is 0.0251. The number of carbonyl (C=O) groups is 2. The molecular weight excluding hydrogens is 988 g/mol. The number of nitrogens with one attached hydrogen (secondary N) is 1. The molecule has 1 N–H and O–H groups in total. The summed E-state index contributed by atoms with van der Waals surface area (Å²) in [5.74, 6) is -0.556. The molecule has 0 aromatic rings. The first-order valence-electron chi connectivity index (χ1n) is 33.8. The maximum atomic E-state index is 13.5. The molecule has 9 nitrogen and oxygen atoms in total. The summed E-state index contributed by atoms with van der Waals surface area (Å²) in [6.07, 6.45) is 71.4. The van der Waals surface area contributed by atoms with E-state index in [0.717, 1.165) is 64.2 Å². The van der Waals surface area contributed by atoms with Crippen LogP contribution in [0.5, 0.6) is 0 Å². The fourth-order valence-electron chi connectivity index (χ4n) is 10.1. The maximum absolute atomic E-state index is 13.5. The lowest BCUT2D eigenvalue weighted by Gasteiger charge is -2.30. The first kappa shape index (κ1) is 76.2. The molecule has 0 fully saturated rings. The Balaban J connectivity index is 5.04. The van der Waals surface area contributed by atoms with Crippen LogP contribution >= 0.6 is 7.82 Å². The smallest absolute Gasteiger partial charge is 0.306 e. The summed E-state index contributed by atoms with van der Waals surface area (Å²) in [4.78, 5) is 40.0. The highest BCUT2D eigenvalue weighted by molar-refractivity contribution is 7.45. The second-order valence-corrected chi connectivity index (χ2v) is 25.8. The van der Waals surface area contributed by atoms with Crippen molar-refractivity contribution in [1.29, 1.82) is 0 Å². The van der Waals surface area contributed by atoms with Crippen molar-refractivity contribution in [2.75, 3.05) is 40.9 Å². The molecule has 0 aliphatic rings. The number of hydrogen-bond acceptors (Lipinski definition) is 7. The topological polar surface area (TPSA) is 114 Å². The molecule has 0 aliphatic heterocycles. The zero-order valence-corrected chi connectivity index (χ0v) is 53.5. The van der Waals surface area contributed by atoms with Gasteiger partial charge in [-0.05, 0) is 57.4 Å². The molecule has 0 heterocycles. The van der Waals surface area contributed by atoms with Crippen molar-refractivity contribution in [3.8, 4) is 0 Å². The lowest BCUT2D eigenvalue weighted by molar-refractivity contribution is -0.870. The standard InChI is InChI=1S/C68H131N2O7P/c1-7-10-13-16-19-22-25-27-29-31-32-33-34-35-36-37-38-39-41-43-46-49-52-55-58-61-68(72)77-66(59-56-53-50-47-44-24-21-18-15-12-9-3)65(64-76-78(73,74)75-63-62-70(4,5)6)69-67(71)60-57-54-51-48-45-42-40-30-28-26-23-20-17-14-11-8-2/h30,40,42,45,56,59,65-66H,7-29,31-39,41,43-44,46-55,57-58,60-64H2,1-6H3,(H-,69,71,73,74)/b40-30+,45-42+,59-56-. The molecule has 10 heteroatoms. The zero-order valence-electron chi connectivity index (χ0n) is 52.6. The van der Waals surface area contributed by atoms with Crippen LogP contribution in [0.3, 0.4) is 0 Å². The van der Waals surface area contributed by atoms with E-state index in [2.05, 4.69) is 50.4 Å². The van der Waals surface area contributed by atoms with E-state index in [1.54, 1.807) is 0 Å². The van der Waals surface area contributed by atoms with Crippen LogP contribution in [0.1, 0.15) is 335 Å². The fourth-order valence-corrected chi connectivity index (χ4v) is 10.8. The zero-order chi connectivity index (χ0) is 57.2. The number of phosphoric acid groups is 1. The van der Waals surface area contributed by atoms with E-state index >= 15 is 0 Å². The highest BCUT2D eigenvalue weighted by atomic mass is 31.2. The Morgan fingerprint density at radius 2 is 0.769 bits per heavy atom. The number of carbonyl (C=O) groups excluding carboxylic acids is 2. The van der Waals surface area contributed by atoms with Gasteiger partial charge in [-0.1, -0.05) is 302 Å². The van der Waals surface area contributed by atoms with E-state index in [0.29, 0.717) is 17.4 Å². The third-order valence-electron chi connectivity index (χ3n) is 15.4. The molecule has 0 bridgehead atoms. The molecule has 460 valence electrons. The number of rotatable bonds is 62. The lowest BCUT2D eigenvalue weighted by Crippen LogP contribution is -2.47. The average Bonchev–Trinajstić information content (AvgIpc) is 3.40. The fraction of sp³-hybridized carbons (Fsp3) is 0.882. The summed E-state index contributed by atoms with van der Waals surface area (Å²) in [6, 6.07) is -0.898. The molecule has 0 saturated carbocycles. The lowest BCUT2D eigenvalue weighted by atomic mass is 10.0. The van der Waals surface area contributed by atoms with Crippen LogP contribution in [0.15, 0.2) is 36.5 Å². The SMILES string of the molecule is CCCCCCCCC/C=C/C=C/CCCCCC(=O)NC(COP(=O)([O-])OCC[N+](C)(C)C)C(/C=C\CCCCCCCCCCC)OC(=O)CCCCCCCCCCCCCCCCCCCCCCCCCCC. The van der Waals surface area contributed by atoms with Gasteiger partial charge in [0.15, 0.2) is 0 Å². The Hall–Kier alpha value is -1.77. The molecule has 0 saturated heterocycles. The second kappa shape index (κ2) is 58.4. The largest absolute Gasteiger partial charge is 0.756 e. The highest BCUT2D eigenvalue weighted by Crippen LogP contribution is 2.38. The van der Waals surface area contributed by atoms with Crippen LogP contribution in [0, 0.1) is 0 Å². The number of amides is 1. The first-order valence-corrected chi connectivity index (χ1v) is 35.3. The van der Waals surface area contributed by atoms with Crippen molar-refractivity contribution in [3.63, 3.8) is 0 Å². The van der Waals surface area contributed by atoms with Gasteiger partial charge in [-0.3, -0.25) is 14.2 Å². The molecule has 0 aliphatic carbocycles. The van der Waals surface area contributed by atoms with Crippen LogP contribution in [-0.2, 0) is 27.9 Å². The molecule has 78 heavy (non-hydrogen) atoms. The Labute approximate surface area is 485 Å². The Kier molecular flexibility index (Phi) is 57.1. The van der Waals surface area contributed by atoms with Crippen LogP contribution < -0.4 is 10.2 Å². The third kappa shape index (κ3) is 58.9. The molecule has 0 rings (SSSR count). The summed E-state index contributed by atoms with van der Waals surface area (Å²) in [5, 5.41) is 3.02. The Morgan fingerprint density at radius 1 is 0.449 bits per heavy atom. The summed E-state index contributed by atoms with van der Waals surface area (Å²) >= 11 is 0. The minimum atomic E-state index is -4.70. The Bertz CT molecular complexity index is 1430. The van der Waals surface area contributed by atoms with Gasteiger partial charge in [0.2, 0.25) is 5.91 Å². The van der Waals surface area contributed by atoms with Crippen molar-refractivity contribution in [1.82, 2.24) is 5.32 Å². The normalized spacial score (nSPS) is 13.8. The van der Waals surface area contributed by atoms with Gasteiger partial charge in [0.25, 0.3) is 7.82 Å². The first-order chi connectivity index (χ1) is 37.9. The molecular formula is C68H131N2O7P. The predicted molar refractivity (Wildman–Crippen MR) is 335 cm³/mol. The third-order valence-corrected chi connectivity index (χ3v) is 16.3. The Morgan fingerprint density at radius 3 is 1.14 bits per heavy atom. The van der Waals surface area contributed by atoms with Gasteiger partial charge >= 0.3 is 5.97 Å². The van der Waals surface area contributed by atoms with Gasteiger partial charge in [-0.15, -0.1) is 0 Å².